The van der Waals surface area contributed by atoms with Crippen molar-refractivity contribution in [1.29, 1.82) is 0 Å². The van der Waals surface area contributed by atoms with Gasteiger partial charge in [0.1, 0.15) is 5.75 Å². The fraction of sp³-hybridized carbons (Fsp3) is 0.190. The number of hydrogen-bond acceptors (Lipinski definition) is 4. The number of fused-ring (bicyclic) bond motifs is 1. The lowest BCUT2D eigenvalue weighted by atomic mass is 10.1. The van der Waals surface area contributed by atoms with Gasteiger partial charge in [-0.3, -0.25) is 9.48 Å². The normalized spacial score (nSPS) is 11.6. The maximum Gasteiger partial charge on any atom is 0.416 e. The monoisotopic (exact) mass is 429 g/mol. The lowest BCUT2D eigenvalue weighted by molar-refractivity contribution is -0.137. The molecule has 2 aromatic carbocycles. The van der Waals surface area contributed by atoms with Gasteiger partial charge in [0.2, 0.25) is 0 Å². The molecular formula is C21H18F3N5O2. The first-order chi connectivity index (χ1) is 14.8. The third kappa shape index (κ3) is 4.68. The van der Waals surface area contributed by atoms with E-state index in [1.54, 1.807) is 13.2 Å². The molecule has 0 radical (unpaired) electrons. The Morgan fingerprint density at radius 2 is 1.97 bits per heavy atom. The average Bonchev–Trinajstić information content (AvgIpc) is 3.34. The highest BCUT2D eigenvalue weighted by molar-refractivity contribution is 6.08. The third-order valence-electron chi connectivity index (χ3n) is 4.67. The second-order valence-electron chi connectivity index (χ2n) is 6.93. The number of benzene rings is 2. The van der Waals surface area contributed by atoms with Crippen molar-refractivity contribution in [2.45, 2.75) is 12.6 Å². The molecule has 1 amide bonds. The Balaban J connectivity index is 1.41. The molecule has 0 aliphatic carbocycles. The van der Waals surface area contributed by atoms with Crippen molar-refractivity contribution in [2.24, 2.45) is 7.05 Å². The van der Waals surface area contributed by atoms with Gasteiger partial charge in [-0.15, -0.1) is 5.10 Å². The SMILES string of the molecule is Cn1cc(C(=O)Nc2c[nH]c3ccc(CCOc4ccc(C(F)(F)F)cc4)cc23)nn1. The van der Waals surface area contributed by atoms with Crippen LogP contribution in [0.5, 0.6) is 5.75 Å². The van der Waals surface area contributed by atoms with Gasteiger partial charge in [-0.2, -0.15) is 13.2 Å². The van der Waals surface area contributed by atoms with Crippen molar-refractivity contribution in [3.8, 4) is 5.75 Å². The summed E-state index contributed by atoms with van der Waals surface area (Å²) in [5, 5.41) is 11.2. The van der Waals surface area contributed by atoms with Gasteiger partial charge >= 0.3 is 6.18 Å². The minimum atomic E-state index is -4.37. The molecule has 0 atom stereocenters. The van der Waals surface area contributed by atoms with Crippen LogP contribution < -0.4 is 10.1 Å². The summed E-state index contributed by atoms with van der Waals surface area (Å²) in [5.74, 6) is -0.00214. The van der Waals surface area contributed by atoms with Crippen molar-refractivity contribution in [2.75, 3.05) is 11.9 Å². The summed E-state index contributed by atoms with van der Waals surface area (Å²) in [7, 11) is 1.68. The van der Waals surface area contributed by atoms with Crippen LogP contribution in [0.2, 0.25) is 0 Å². The number of ether oxygens (including phenoxy) is 1. The lowest BCUT2D eigenvalue weighted by Crippen LogP contribution is -2.12. The standard InChI is InChI=1S/C21H18F3N5O2/c1-29-12-19(27-28-29)20(30)26-18-11-25-17-7-2-13(10-16(17)18)8-9-31-15-5-3-14(4-6-15)21(22,23)24/h2-7,10-12,25H,8-9H2,1H3,(H,26,30). The number of alkyl halides is 3. The molecule has 2 heterocycles. The van der Waals surface area contributed by atoms with Crippen LogP contribution in [0, 0.1) is 0 Å². The first-order valence-electron chi connectivity index (χ1n) is 9.37. The summed E-state index contributed by atoms with van der Waals surface area (Å²) >= 11 is 0. The molecule has 7 nitrogen and oxygen atoms in total. The van der Waals surface area contributed by atoms with Gasteiger partial charge in [-0.05, 0) is 42.0 Å². The third-order valence-corrected chi connectivity index (χ3v) is 4.67. The zero-order valence-electron chi connectivity index (χ0n) is 16.4. The average molecular weight is 429 g/mol. The van der Waals surface area contributed by atoms with E-state index < -0.39 is 11.7 Å². The molecule has 0 unspecified atom stereocenters. The number of aromatic nitrogens is 4. The van der Waals surface area contributed by atoms with Crippen LogP contribution in [0.15, 0.2) is 54.9 Å². The van der Waals surface area contributed by atoms with Crippen LogP contribution in [0.25, 0.3) is 10.9 Å². The molecule has 0 bridgehead atoms. The molecule has 2 aromatic heterocycles. The molecule has 0 spiro atoms. The summed E-state index contributed by atoms with van der Waals surface area (Å²) in [6.45, 7) is 0.294. The number of halogens is 3. The van der Waals surface area contributed by atoms with Crippen LogP contribution in [0.4, 0.5) is 18.9 Å². The van der Waals surface area contributed by atoms with Gasteiger partial charge in [0.25, 0.3) is 5.91 Å². The number of aromatic amines is 1. The number of carbonyl (C=O) groups is 1. The predicted octanol–water partition coefficient (Wildman–Crippen LogP) is 4.19. The van der Waals surface area contributed by atoms with E-state index in [-0.39, 0.29) is 11.6 Å². The molecule has 4 rings (SSSR count). The molecule has 160 valence electrons. The van der Waals surface area contributed by atoms with E-state index in [4.69, 9.17) is 4.74 Å². The molecule has 10 heteroatoms. The predicted molar refractivity (Wildman–Crippen MR) is 108 cm³/mol. The zero-order valence-corrected chi connectivity index (χ0v) is 16.4. The number of hydrogen-bond donors (Lipinski definition) is 2. The Morgan fingerprint density at radius 3 is 2.65 bits per heavy atom. The molecule has 0 saturated carbocycles. The van der Waals surface area contributed by atoms with Crippen LogP contribution in [-0.2, 0) is 19.6 Å². The Bertz CT molecular complexity index is 1210. The van der Waals surface area contributed by atoms with Crippen LogP contribution in [0.1, 0.15) is 21.6 Å². The van der Waals surface area contributed by atoms with Crippen molar-refractivity contribution >= 4 is 22.5 Å². The van der Waals surface area contributed by atoms with E-state index in [9.17, 15) is 18.0 Å². The molecule has 2 N–H and O–H groups in total. The minimum Gasteiger partial charge on any atom is -0.493 e. The highest BCUT2D eigenvalue weighted by Gasteiger charge is 2.30. The number of anilines is 1. The summed E-state index contributed by atoms with van der Waals surface area (Å²) < 4.78 is 44.9. The van der Waals surface area contributed by atoms with Crippen molar-refractivity contribution in [1.82, 2.24) is 20.0 Å². The van der Waals surface area contributed by atoms with Crippen molar-refractivity contribution in [3.05, 3.63) is 71.7 Å². The quantitative estimate of drug-likeness (QED) is 0.481. The van der Waals surface area contributed by atoms with Crippen LogP contribution in [-0.4, -0.2) is 32.5 Å². The highest BCUT2D eigenvalue weighted by Crippen LogP contribution is 2.30. The Morgan fingerprint density at radius 1 is 1.19 bits per heavy atom. The molecule has 0 aliphatic rings. The smallest absolute Gasteiger partial charge is 0.416 e. The van der Waals surface area contributed by atoms with Crippen molar-refractivity contribution < 1.29 is 22.7 Å². The lowest BCUT2D eigenvalue weighted by Gasteiger charge is -2.09. The first-order valence-corrected chi connectivity index (χ1v) is 9.37. The van der Waals surface area contributed by atoms with Gasteiger partial charge in [0.15, 0.2) is 5.69 Å². The largest absolute Gasteiger partial charge is 0.493 e. The highest BCUT2D eigenvalue weighted by atomic mass is 19.4. The second-order valence-corrected chi connectivity index (χ2v) is 6.93. The van der Waals surface area contributed by atoms with Crippen LogP contribution in [0.3, 0.4) is 0 Å². The van der Waals surface area contributed by atoms with Gasteiger partial charge < -0.3 is 15.0 Å². The fourth-order valence-electron chi connectivity index (χ4n) is 3.09. The van der Waals surface area contributed by atoms with Gasteiger partial charge in [-0.1, -0.05) is 11.3 Å². The summed E-state index contributed by atoms with van der Waals surface area (Å²) in [5.41, 5.74) is 1.90. The van der Waals surface area contributed by atoms with Gasteiger partial charge in [-0.25, -0.2) is 0 Å². The number of rotatable bonds is 6. The van der Waals surface area contributed by atoms with Gasteiger partial charge in [0, 0.05) is 30.6 Å². The van der Waals surface area contributed by atoms with E-state index >= 15 is 0 Å². The summed E-state index contributed by atoms with van der Waals surface area (Å²) in [6, 6.07) is 10.3. The Kier molecular flexibility index (Phi) is 5.37. The number of H-pyrrole nitrogens is 1. The van der Waals surface area contributed by atoms with Gasteiger partial charge in [0.05, 0.1) is 24.1 Å². The number of nitrogens with zero attached hydrogens (tertiary/aromatic N) is 3. The van der Waals surface area contributed by atoms with E-state index in [1.807, 2.05) is 18.2 Å². The Labute approximate surface area is 174 Å². The van der Waals surface area contributed by atoms with E-state index in [0.717, 1.165) is 28.6 Å². The maximum atomic E-state index is 12.6. The van der Waals surface area contributed by atoms with E-state index in [1.165, 1.54) is 23.0 Å². The summed E-state index contributed by atoms with van der Waals surface area (Å²) in [6.07, 6.45) is -0.611. The van der Waals surface area contributed by atoms with Crippen molar-refractivity contribution in [3.63, 3.8) is 0 Å². The number of nitrogens with one attached hydrogen (secondary N) is 2. The number of aryl methyl sites for hydroxylation is 1. The molecule has 31 heavy (non-hydrogen) atoms. The van der Waals surface area contributed by atoms with Crippen LogP contribution >= 0.6 is 0 Å². The Hall–Kier alpha value is -3.82. The zero-order chi connectivity index (χ0) is 22.0. The molecular weight excluding hydrogens is 411 g/mol. The number of amides is 1. The molecule has 0 saturated heterocycles. The fourth-order valence-corrected chi connectivity index (χ4v) is 3.09. The number of carbonyl (C=O) groups excluding carboxylic acids is 1. The molecule has 0 aliphatic heterocycles. The second kappa shape index (κ2) is 8.13. The van der Waals surface area contributed by atoms with E-state index in [2.05, 4.69) is 20.6 Å². The topological polar surface area (TPSA) is 84.8 Å². The summed E-state index contributed by atoms with van der Waals surface area (Å²) in [4.78, 5) is 15.4. The maximum absolute atomic E-state index is 12.6. The molecule has 0 fully saturated rings. The first kappa shape index (κ1) is 20.5. The molecule has 4 aromatic rings. The minimum absolute atomic E-state index is 0.206. The van der Waals surface area contributed by atoms with E-state index in [0.29, 0.717) is 24.5 Å².